The fourth-order valence-electron chi connectivity index (χ4n) is 1.15. The second-order valence-corrected chi connectivity index (χ2v) is 3.33. The lowest BCUT2D eigenvalue weighted by molar-refractivity contribution is -0.147. The molecule has 0 spiro atoms. The highest BCUT2D eigenvalue weighted by molar-refractivity contribution is 14.1. The lowest BCUT2D eigenvalue weighted by atomic mass is 10.1. The van der Waals surface area contributed by atoms with Gasteiger partial charge in [0.1, 0.15) is 0 Å². The van der Waals surface area contributed by atoms with E-state index < -0.39 is 0 Å². The number of piperidine rings is 1. The van der Waals surface area contributed by atoms with Crippen LogP contribution in [-0.2, 0) is 9.59 Å². The van der Waals surface area contributed by atoms with Gasteiger partial charge in [0, 0.05) is 19.4 Å². The van der Waals surface area contributed by atoms with Gasteiger partial charge in [-0.05, 0) is 10.5 Å². The molecule has 1 aliphatic heterocycles. The number of halogens is 1. The SMILES string of the molecule is O=C1CCCC(=O)N1CC=CI. The van der Waals surface area contributed by atoms with Crippen LogP contribution in [0.4, 0.5) is 0 Å². The maximum atomic E-state index is 11.2. The van der Waals surface area contributed by atoms with Crippen molar-refractivity contribution in [3.63, 3.8) is 0 Å². The first-order valence-electron chi connectivity index (χ1n) is 3.84. The van der Waals surface area contributed by atoms with Gasteiger partial charge >= 0.3 is 0 Å². The van der Waals surface area contributed by atoms with Gasteiger partial charge in [-0.1, -0.05) is 28.7 Å². The number of hydrogen-bond acceptors (Lipinski definition) is 2. The second kappa shape index (κ2) is 4.59. The topological polar surface area (TPSA) is 37.4 Å². The molecule has 12 heavy (non-hydrogen) atoms. The zero-order valence-electron chi connectivity index (χ0n) is 6.62. The smallest absolute Gasteiger partial charge is 0.229 e. The number of nitrogens with zero attached hydrogens (tertiary/aromatic N) is 1. The van der Waals surface area contributed by atoms with Crippen molar-refractivity contribution in [2.75, 3.05) is 6.54 Å². The van der Waals surface area contributed by atoms with Crippen LogP contribution in [0.15, 0.2) is 10.2 Å². The summed E-state index contributed by atoms with van der Waals surface area (Å²) in [4.78, 5) is 23.7. The molecule has 66 valence electrons. The van der Waals surface area contributed by atoms with Crippen molar-refractivity contribution >= 4 is 34.4 Å². The van der Waals surface area contributed by atoms with E-state index in [2.05, 4.69) is 22.6 Å². The van der Waals surface area contributed by atoms with Gasteiger partial charge in [0.2, 0.25) is 11.8 Å². The Hall–Kier alpha value is -0.390. The van der Waals surface area contributed by atoms with Gasteiger partial charge < -0.3 is 0 Å². The van der Waals surface area contributed by atoms with Crippen molar-refractivity contribution in [1.82, 2.24) is 4.90 Å². The third-order valence-corrected chi connectivity index (χ3v) is 2.27. The number of likely N-dealkylation sites (tertiary alicyclic amines) is 1. The summed E-state index contributed by atoms with van der Waals surface area (Å²) in [6.45, 7) is 0.431. The van der Waals surface area contributed by atoms with Gasteiger partial charge in [-0.2, -0.15) is 0 Å². The Morgan fingerprint density at radius 3 is 2.42 bits per heavy atom. The monoisotopic (exact) mass is 279 g/mol. The lowest BCUT2D eigenvalue weighted by Gasteiger charge is -2.23. The van der Waals surface area contributed by atoms with Gasteiger partial charge in [0.05, 0.1) is 0 Å². The number of carbonyl (C=O) groups is 2. The first-order valence-corrected chi connectivity index (χ1v) is 5.08. The van der Waals surface area contributed by atoms with E-state index in [4.69, 9.17) is 0 Å². The first kappa shape index (κ1) is 9.70. The van der Waals surface area contributed by atoms with Crippen LogP contribution in [0.3, 0.4) is 0 Å². The molecule has 1 aliphatic rings. The van der Waals surface area contributed by atoms with Crippen LogP contribution in [0.5, 0.6) is 0 Å². The van der Waals surface area contributed by atoms with E-state index in [0.29, 0.717) is 25.8 Å². The molecule has 0 atom stereocenters. The molecule has 0 unspecified atom stereocenters. The molecule has 0 radical (unpaired) electrons. The molecule has 0 bridgehead atoms. The van der Waals surface area contributed by atoms with E-state index in [0.717, 1.165) is 0 Å². The quantitative estimate of drug-likeness (QED) is 0.567. The summed E-state index contributed by atoms with van der Waals surface area (Å²) in [6, 6.07) is 0. The van der Waals surface area contributed by atoms with E-state index in [1.807, 2.05) is 10.2 Å². The summed E-state index contributed by atoms with van der Waals surface area (Å²) in [5, 5.41) is 0. The highest BCUT2D eigenvalue weighted by Gasteiger charge is 2.24. The number of carbonyl (C=O) groups excluding carboxylic acids is 2. The molecular weight excluding hydrogens is 269 g/mol. The molecule has 2 amide bonds. The molecule has 1 saturated heterocycles. The predicted molar refractivity (Wildman–Crippen MR) is 53.7 cm³/mol. The standard InChI is InChI=1S/C8H10INO2/c9-5-2-6-10-7(11)3-1-4-8(10)12/h2,5H,1,3-4,6H2. The van der Waals surface area contributed by atoms with Crippen LogP contribution in [0, 0.1) is 0 Å². The normalized spacial score (nSPS) is 19.2. The third kappa shape index (κ3) is 2.30. The summed E-state index contributed by atoms with van der Waals surface area (Å²) in [6.07, 6.45) is 3.55. The van der Waals surface area contributed by atoms with Crippen LogP contribution in [0.2, 0.25) is 0 Å². The van der Waals surface area contributed by atoms with Crippen molar-refractivity contribution in [2.45, 2.75) is 19.3 Å². The number of hydrogen-bond donors (Lipinski definition) is 0. The lowest BCUT2D eigenvalue weighted by Crippen LogP contribution is -2.39. The van der Waals surface area contributed by atoms with Gasteiger partial charge in [0.25, 0.3) is 0 Å². The fourth-order valence-corrected chi connectivity index (χ4v) is 1.38. The Bertz CT molecular complexity index is 209. The summed E-state index contributed by atoms with van der Waals surface area (Å²) < 4.78 is 1.81. The Balaban J connectivity index is 2.57. The zero-order chi connectivity index (χ0) is 8.97. The van der Waals surface area contributed by atoms with Crippen LogP contribution in [0.25, 0.3) is 0 Å². The van der Waals surface area contributed by atoms with E-state index in [-0.39, 0.29) is 11.8 Å². The minimum absolute atomic E-state index is 0.0410. The predicted octanol–water partition coefficient (Wildman–Crippen LogP) is 1.47. The summed E-state index contributed by atoms with van der Waals surface area (Å²) in [5.74, 6) is -0.0819. The van der Waals surface area contributed by atoms with Crippen LogP contribution >= 0.6 is 22.6 Å². The van der Waals surface area contributed by atoms with Crippen molar-refractivity contribution in [3.05, 3.63) is 10.2 Å². The fraction of sp³-hybridized carbons (Fsp3) is 0.500. The second-order valence-electron chi connectivity index (χ2n) is 2.61. The average molecular weight is 279 g/mol. The Kier molecular flexibility index (Phi) is 3.71. The molecule has 4 heteroatoms. The molecule has 0 aromatic heterocycles. The molecule has 1 heterocycles. The third-order valence-electron chi connectivity index (χ3n) is 1.76. The van der Waals surface area contributed by atoms with Crippen molar-refractivity contribution in [1.29, 1.82) is 0 Å². The molecule has 0 aliphatic carbocycles. The van der Waals surface area contributed by atoms with Crippen molar-refractivity contribution in [3.8, 4) is 0 Å². The molecule has 3 nitrogen and oxygen atoms in total. The molecule has 0 saturated carbocycles. The van der Waals surface area contributed by atoms with Crippen LogP contribution in [0.1, 0.15) is 19.3 Å². The highest BCUT2D eigenvalue weighted by Crippen LogP contribution is 2.11. The Morgan fingerprint density at radius 2 is 1.92 bits per heavy atom. The molecule has 1 rings (SSSR count). The summed E-state index contributed by atoms with van der Waals surface area (Å²) in [5.41, 5.74) is 0. The van der Waals surface area contributed by atoms with Gasteiger partial charge in [0.15, 0.2) is 0 Å². The zero-order valence-corrected chi connectivity index (χ0v) is 8.78. The van der Waals surface area contributed by atoms with E-state index >= 15 is 0 Å². The van der Waals surface area contributed by atoms with E-state index in [9.17, 15) is 9.59 Å². The largest absolute Gasteiger partial charge is 0.279 e. The van der Waals surface area contributed by atoms with E-state index in [1.54, 1.807) is 0 Å². The minimum atomic E-state index is -0.0410. The van der Waals surface area contributed by atoms with Gasteiger partial charge in [-0.3, -0.25) is 14.5 Å². The molecule has 0 N–H and O–H groups in total. The summed E-state index contributed by atoms with van der Waals surface area (Å²) in [7, 11) is 0. The van der Waals surface area contributed by atoms with Crippen LogP contribution < -0.4 is 0 Å². The van der Waals surface area contributed by atoms with E-state index in [1.165, 1.54) is 4.90 Å². The summed E-state index contributed by atoms with van der Waals surface area (Å²) >= 11 is 2.07. The van der Waals surface area contributed by atoms with Gasteiger partial charge in [-0.25, -0.2) is 0 Å². The number of imide groups is 1. The number of rotatable bonds is 2. The Labute approximate surface area is 84.9 Å². The Morgan fingerprint density at radius 1 is 1.33 bits per heavy atom. The number of amides is 2. The van der Waals surface area contributed by atoms with Crippen LogP contribution in [-0.4, -0.2) is 23.3 Å². The molecule has 0 aromatic rings. The average Bonchev–Trinajstić information content (AvgIpc) is 2.04. The maximum Gasteiger partial charge on any atom is 0.229 e. The molecule has 0 aromatic carbocycles. The highest BCUT2D eigenvalue weighted by atomic mass is 127. The molecular formula is C8H10INO2. The van der Waals surface area contributed by atoms with Crippen molar-refractivity contribution in [2.24, 2.45) is 0 Å². The first-order chi connectivity index (χ1) is 5.75. The van der Waals surface area contributed by atoms with Crippen molar-refractivity contribution < 1.29 is 9.59 Å². The maximum absolute atomic E-state index is 11.2. The minimum Gasteiger partial charge on any atom is -0.279 e. The molecule has 1 fully saturated rings. The van der Waals surface area contributed by atoms with Gasteiger partial charge in [-0.15, -0.1) is 0 Å².